The highest BCUT2D eigenvalue weighted by atomic mass is 31.2. The van der Waals surface area contributed by atoms with Crippen molar-refractivity contribution in [3.63, 3.8) is 0 Å². The summed E-state index contributed by atoms with van der Waals surface area (Å²) >= 11 is 0. The minimum absolute atomic E-state index is 0.0314. The number of benzene rings is 2. The van der Waals surface area contributed by atoms with Gasteiger partial charge in [0.1, 0.15) is 24.1 Å². The van der Waals surface area contributed by atoms with E-state index in [0.29, 0.717) is 45.8 Å². The van der Waals surface area contributed by atoms with Crippen molar-refractivity contribution >= 4 is 15.2 Å². The van der Waals surface area contributed by atoms with Gasteiger partial charge in [-0.15, -0.1) is 0 Å². The fourth-order valence-electron chi connectivity index (χ4n) is 7.50. The Morgan fingerprint density at radius 1 is 0.639 bits per heavy atom. The normalized spacial score (nSPS) is 17.8. The Balaban J connectivity index is 1.93. The summed E-state index contributed by atoms with van der Waals surface area (Å²) in [6, 6.07) is 11.8. The fourth-order valence-corrected chi connectivity index (χ4v) is 12.6. The Kier molecular flexibility index (Phi) is 16.7. The molecular formula is C46H79N3O10P2. The van der Waals surface area contributed by atoms with Crippen molar-refractivity contribution in [2.24, 2.45) is 5.73 Å². The zero-order valence-electron chi connectivity index (χ0n) is 40.3. The quantitative estimate of drug-likeness (QED) is 0.106. The van der Waals surface area contributed by atoms with Crippen LogP contribution in [0.15, 0.2) is 36.4 Å². The molecule has 2 aromatic rings. The fraction of sp³-hybridized carbons (Fsp3) is 0.739. The molecule has 0 bridgehead atoms. The van der Waals surface area contributed by atoms with Gasteiger partial charge >= 0.3 is 15.2 Å². The molecule has 13 nitrogen and oxygen atoms in total. The zero-order valence-corrected chi connectivity index (χ0v) is 42.1. The second-order valence-corrected chi connectivity index (χ2v) is 25.1. The predicted octanol–water partition coefficient (Wildman–Crippen LogP) is 11.3. The second kappa shape index (κ2) is 19.7. The predicted molar refractivity (Wildman–Crippen MR) is 243 cm³/mol. The first kappa shape index (κ1) is 51.8. The van der Waals surface area contributed by atoms with E-state index in [1.54, 1.807) is 0 Å². The van der Waals surface area contributed by atoms with Crippen LogP contribution in [0.3, 0.4) is 0 Å². The Labute approximate surface area is 368 Å². The first-order chi connectivity index (χ1) is 27.8. The van der Waals surface area contributed by atoms with Gasteiger partial charge in [0.2, 0.25) is 11.6 Å². The van der Waals surface area contributed by atoms with Crippen molar-refractivity contribution in [1.29, 1.82) is 0 Å². The van der Waals surface area contributed by atoms with E-state index in [4.69, 9.17) is 42.8 Å². The summed E-state index contributed by atoms with van der Waals surface area (Å²) in [5.74, 6) is -0.205. The van der Waals surface area contributed by atoms with Gasteiger partial charge in [-0.2, -0.15) is 0 Å². The third-order valence-corrected chi connectivity index (χ3v) is 14.1. The minimum Gasteiger partial charge on any atom is -0.462 e. The highest BCUT2D eigenvalue weighted by Gasteiger charge is 2.42. The van der Waals surface area contributed by atoms with Crippen LogP contribution in [-0.2, 0) is 63.0 Å². The van der Waals surface area contributed by atoms with Crippen LogP contribution >= 0.6 is 15.2 Å². The molecule has 348 valence electrons. The first-order valence-corrected chi connectivity index (χ1v) is 25.3. The third kappa shape index (κ3) is 17.2. The van der Waals surface area contributed by atoms with Crippen LogP contribution in [0, 0.1) is 0 Å². The molecule has 0 amide bonds. The van der Waals surface area contributed by atoms with Crippen LogP contribution < -0.4 is 15.2 Å². The lowest BCUT2D eigenvalue weighted by Crippen LogP contribution is -2.46. The van der Waals surface area contributed by atoms with E-state index in [1.165, 1.54) is 0 Å². The molecule has 2 aromatic carbocycles. The molecule has 4 rings (SSSR count). The van der Waals surface area contributed by atoms with Crippen molar-refractivity contribution in [1.82, 2.24) is 9.80 Å². The van der Waals surface area contributed by atoms with Gasteiger partial charge in [0, 0.05) is 75.6 Å². The summed E-state index contributed by atoms with van der Waals surface area (Å²) in [6.07, 6.45) is 2.16. The maximum absolute atomic E-state index is 15.3. The summed E-state index contributed by atoms with van der Waals surface area (Å²) in [6.45, 7) is 32.6. The zero-order chi connectivity index (χ0) is 45.9. The van der Waals surface area contributed by atoms with Crippen LogP contribution in [0.25, 0.3) is 0 Å². The molecule has 2 N–H and O–H groups in total. The largest absolute Gasteiger partial charge is 0.462 e. The van der Waals surface area contributed by atoms with E-state index in [2.05, 4.69) is 9.80 Å². The Morgan fingerprint density at radius 3 is 1.46 bits per heavy atom. The average Bonchev–Trinajstić information content (AvgIpc) is 3.03. The van der Waals surface area contributed by atoms with Gasteiger partial charge in [0.05, 0.1) is 35.6 Å². The molecule has 61 heavy (non-hydrogen) atoms. The average molecular weight is 896 g/mol. The van der Waals surface area contributed by atoms with Crippen molar-refractivity contribution in [3.05, 3.63) is 58.7 Å². The standard InChI is InChI=1S/C46H79N3O10P2/c1-41(2,3)56-60(50,57-42(4,5)6)32-48(27-34-21-19-23-36-30-52-45(13,14)54-39(34)36)29-38(25-17-18-26-47)49(33-61(51,58-43(7,8)9)59-44(10,11)12)28-35-22-20-24-37-31-53-46(15,16)55-40(35)37/h19-24,38H,17-18,25-33,47H2,1-16H3. The number of rotatable bonds is 19. The van der Waals surface area contributed by atoms with Gasteiger partial charge in [0.25, 0.3) is 0 Å². The number of hydrogen-bond acceptors (Lipinski definition) is 13. The molecule has 0 saturated carbocycles. The van der Waals surface area contributed by atoms with E-state index in [0.717, 1.165) is 46.6 Å². The van der Waals surface area contributed by atoms with E-state index < -0.39 is 49.2 Å². The molecule has 0 fully saturated rings. The summed E-state index contributed by atoms with van der Waals surface area (Å²) in [5, 5.41) is 0. The first-order valence-electron chi connectivity index (χ1n) is 21.8. The molecule has 0 aliphatic carbocycles. The number of ether oxygens (including phenoxy) is 4. The minimum atomic E-state index is -3.86. The number of nitrogens with two attached hydrogens (primary N) is 1. The van der Waals surface area contributed by atoms with Gasteiger partial charge in [-0.25, -0.2) is 0 Å². The molecule has 1 unspecified atom stereocenters. The van der Waals surface area contributed by atoms with E-state index in [9.17, 15) is 0 Å². The lowest BCUT2D eigenvalue weighted by molar-refractivity contribution is -0.181. The maximum atomic E-state index is 15.3. The van der Waals surface area contributed by atoms with Gasteiger partial charge in [-0.05, 0) is 102 Å². The smallest absolute Gasteiger partial charge is 0.345 e. The van der Waals surface area contributed by atoms with E-state index in [1.807, 2.05) is 147 Å². The van der Waals surface area contributed by atoms with Gasteiger partial charge in [-0.3, -0.25) is 18.9 Å². The molecule has 2 aliphatic rings. The van der Waals surface area contributed by atoms with Crippen LogP contribution in [0.5, 0.6) is 11.5 Å². The Morgan fingerprint density at radius 2 is 1.05 bits per heavy atom. The van der Waals surface area contributed by atoms with Crippen molar-refractivity contribution < 1.29 is 46.2 Å². The number of para-hydroxylation sites is 2. The highest BCUT2D eigenvalue weighted by molar-refractivity contribution is 7.54. The van der Waals surface area contributed by atoms with Crippen LogP contribution in [0.1, 0.15) is 152 Å². The molecule has 0 saturated heterocycles. The third-order valence-electron chi connectivity index (χ3n) is 9.33. The van der Waals surface area contributed by atoms with Crippen molar-refractivity contribution in [2.45, 2.75) is 196 Å². The topological polar surface area (TPSA) is 140 Å². The molecule has 1 atom stereocenters. The number of hydrogen-bond donors (Lipinski definition) is 1. The van der Waals surface area contributed by atoms with E-state index in [-0.39, 0.29) is 18.6 Å². The molecule has 0 aromatic heterocycles. The Hall–Kier alpha value is -1.86. The van der Waals surface area contributed by atoms with E-state index >= 15 is 9.13 Å². The van der Waals surface area contributed by atoms with Gasteiger partial charge in [0.15, 0.2) is 0 Å². The summed E-state index contributed by atoms with van der Waals surface area (Å²) in [7, 11) is -7.70. The van der Waals surface area contributed by atoms with Crippen LogP contribution in [0.2, 0.25) is 0 Å². The molecule has 15 heteroatoms. The molecular weight excluding hydrogens is 816 g/mol. The number of nitrogens with zero attached hydrogens (tertiary/aromatic N) is 2. The van der Waals surface area contributed by atoms with Crippen LogP contribution in [-0.4, -0.2) is 75.5 Å². The lowest BCUT2D eigenvalue weighted by Gasteiger charge is -2.41. The summed E-state index contributed by atoms with van der Waals surface area (Å²) < 4.78 is 81.3. The van der Waals surface area contributed by atoms with Gasteiger partial charge < -0.3 is 42.8 Å². The maximum Gasteiger partial charge on any atom is 0.345 e. The second-order valence-electron chi connectivity index (χ2n) is 21.4. The number of unbranched alkanes of at least 4 members (excludes halogenated alkanes) is 1. The summed E-state index contributed by atoms with van der Waals surface area (Å²) in [4.78, 5) is 4.32. The van der Waals surface area contributed by atoms with Crippen LogP contribution in [0.4, 0.5) is 0 Å². The lowest BCUT2D eigenvalue weighted by atomic mass is 10.0. The Bertz CT molecular complexity index is 1820. The molecule has 0 spiro atoms. The summed E-state index contributed by atoms with van der Waals surface area (Å²) in [5.41, 5.74) is 6.67. The molecule has 0 radical (unpaired) electrons. The van der Waals surface area contributed by atoms with Crippen molar-refractivity contribution in [3.8, 4) is 11.5 Å². The monoisotopic (exact) mass is 896 g/mol. The number of fused-ring (bicyclic) bond motifs is 2. The SMILES string of the molecule is CC(C)(C)OP(=O)(CN(Cc1cccc2c1OC(C)(C)OC2)CC(CCCCN)N(Cc1cccc2c1OC(C)(C)OC2)CP(=O)(OC(C)(C)C)OC(C)(C)C)OC(C)(C)C. The molecule has 2 aliphatic heterocycles. The van der Waals surface area contributed by atoms with Crippen molar-refractivity contribution in [2.75, 3.05) is 25.7 Å². The van der Waals surface area contributed by atoms with Gasteiger partial charge in [-0.1, -0.05) is 42.8 Å². The highest BCUT2D eigenvalue weighted by Crippen LogP contribution is 2.57. The molecule has 2 heterocycles.